The van der Waals surface area contributed by atoms with Crippen LogP contribution in [-0.4, -0.2) is 66.6 Å². The Morgan fingerprint density at radius 2 is 0.754 bits per heavy atom. The van der Waals surface area contributed by atoms with Gasteiger partial charge in [0.05, 0.1) is 12.0 Å². The van der Waals surface area contributed by atoms with Gasteiger partial charge in [-0.1, -0.05) is 194 Å². The maximum Gasteiger partial charge on any atom is 0.334 e. The number of rotatable bonds is 44. The summed E-state index contributed by atoms with van der Waals surface area (Å²) in [5, 5.41) is 31.5. The van der Waals surface area contributed by atoms with E-state index in [4.69, 9.17) is 14.2 Å². The molecule has 2 N–H and O–H groups in total. The Kier molecular flexibility index (Phi) is 39.0. The molecule has 0 saturated heterocycles. The molecular formula is C47H87O10-. The summed E-state index contributed by atoms with van der Waals surface area (Å²) in [6.07, 6.45) is 34.7. The highest BCUT2D eigenvalue weighted by molar-refractivity contribution is 5.74. The molecule has 0 aromatic carbocycles. The Hall–Kier alpha value is -2.20. The molecule has 0 saturated carbocycles. The number of unbranched alkanes of at least 4 members (excludes halogenated alkanes) is 28. The predicted molar refractivity (Wildman–Crippen MR) is 226 cm³/mol. The third-order valence-electron chi connectivity index (χ3n) is 11.0. The minimum Gasteiger partial charge on any atom is -0.550 e. The molecule has 0 spiro atoms. The van der Waals surface area contributed by atoms with Gasteiger partial charge >= 0.3 is 17.9 Å². The summed E-state index contributed by atoms with van der Waals surface area (Å²) in [6.45, 7) is 2.77. The molecule has 0 radical (unpaired) electrons. The fraction of sp³-hybridized carbons (Fsp3) is 0.915. The van der Waals surface area contributed by atoms with E-state index in [1.54, 1.807) is 0 Å². The van der Waals surface area contributed by atoms with Crippen LogP contribution in [-0.2, 0) is 33.4 Å². The summed E-state index contributed by atoms with van der Waals surface area (Å²) in [4.78, 5) is 48.4. The molecule has 10 heteroatoms. The normalized spacial score (nSPS) is 12.9. The Morgan fingerprint density at radius 3 is 1.11 bits per heavy atom. The van der Waals surface area contributed by atoms with Gasteiger partial charge in [0, 0.05) is 18.8 Å². The number of carboxylic acid groups (broad SMARTS) is 1. The number of carboxylic acids is 1. The first-order valence-corrected chi connectivity index (χ1v) is 23.7. The summed E-state index contributed by atoms with van der Waals surface area (Å²) < 4.78 is 16.3. The van der Waals surface area contributed by atoms with Crippen LogP contribution >= 0.6 is 0 Å². The van der Waals surface area contributed by atoms with Gasteiger partial charge in [0.25, 0.3) is 0 Å². The summed E-state index contributed by atoms with van der Waals surface area (Å²) in [6, 6.07) is 0. The third-order valence-corrected chi connectivity index (χ3v) is 11.0. The fourth-order valence-corrected chi connectivity index (χ4v) is 7.02. The van der Waals surface area contributed by atoms with E-state index < -0.39 is 48.6 Å². The smallest absolute Gasteiger partial charge is 0.334 e. The number of hydrogen-bond acceptors (Lipinski definition) is 10. The highest BCUT2D eigenvalue weighted by Gasteiger charge is 2.36. The van der Waals surface area contributed by atoms with Crippen molar-refractivity contribution >= 4 is 23.9 Å². The first-order valence-electron chi connectivity index (χ1n) is 23.7. The second kappa shape index (κ2) is 40.6. The van der Waals surface area contributed by atoms with Crippen molar-refractivity contribution in [1.29, 1.82) is 0 Å². The average Bonchev–Trinajstić information content (AvgIpc) is 3.20. The van der Waals surface area contributed by atoms with Crippen LogP contribution in [0.1, 0.15) is 239 Å². The predicted octanol–water partition coefficient (Wildman–Crippen LogP) is 10.4. The van der Waals surface area contributed by atoms with Crippen LogP contribution < -0.4 is 5.11 Å². The van der Waals surface area contributed by atoms with Gasteiger partial charge in [-0.2, -0.15) is 0 Å². The molecule has 0 amide bonds. The maximum absolute atomic E-state index is 12.7. The summed E-state index contributed by atoms with van der Waals surface area (Å²) in [5.41, 5.74) is -1.41. The van der Waals surface area contributed by atoms with Gasteiger partial charge in [-0.25, -0.2) is 4.79 Å². The first kappa shape index (κ1) is 54.8. The Balaban J connectivity index is 4.53. The van der Waals surface area contributed by atoms with Crippen molar-refractivity contribution in [3.8, 4) is 0 Å². The van der Waals surface area contributed by atoms with Gasteiger partial charge in [0.2, 0.25) is 0 Å². The van der Waals surface area contributed by atoms with Gasteiger partial charge in [0.15, 0.2) is 6.10 Å². The van der Waals surface area contributed by atoms with E-state index >= 15 is 0 Å². The minimum absolute atomic E-state index is 0.0362. The molecule has 2 unspecified atom stereocenters. The highest BCUT2D eigenvalue weighted by Crippen LogP contribution is 2.22. The van der Waals surface area contributed by atoms with Crippen LogP contribution in [0.2, 0.25) is 0 Å². The van der Waals surface area contributed by atoms with Crippen LogP contribution in [0.25, 0.3) is 0 Å². The van der Waals surface area contributed by atoms with Crippen molar-refractivity contribution in [2.45, 2.75) is 245 Å². The van der Waals surface area contributed by atoms with Crippen molar-refractivity contribution in [2.24, 2.45) is 5.41 Å². The number of hydrogen-bond donors (Lipinski definition) is 2. The van der Waals surface area contributed by atoms with Crippen LogP contribution in [0.5, 0.6) is 0 Å². The molecule has 0 aliphatic heterocycles. The fourth-order valence-electron chi connectivity index (χ4n) is 7.02. The number of carbonyl (C=O) groups is 4. The van der Waals surface area contributed by atoms with E-state index in [2.05, 4.69) is 13.8 Å². The van der Waals surface area contributed by atoms with Crippen LogP contribution in [0, 0.1) is 5.41 Å². The van der Waals surface area contributed by atoms with Crippen molar-refractivity contribution in [3.63, 3.8) is 0 Å². The summed E-state index contributed by atoms with van der Waals surface area (Å²) in [7, 11) is 0. The Labute approximate surface area is 348 Å². The molecular weight excluding hydrogens is 725 g/mol. The lowest BCUT2D eigenvalue weighted by Gasteiger charge is -2.30. The van der Waals surface area contributed by atoms with Crippen molar-refractivity contribution in [2.75, 3.05) is 26.4 Å². The minimum atomic E-state index is -1.41. The zero-order valence-electron chi connectivity index (χ0n) is 36.8. The second-order valence-corrected chi connectivity index (χ2v) is 16.8. The van der Waals surface area contributed by atoms with Crippen molar-refractivity contribution in [3.05, 3.63) is 0 Å². The van der Waals surface area contributed by atoms with Gasteiger partial charge in [0.1, 0.15) is 19.8 Å². The van der Waals surface area contributed by atoms with Gasteiger partial charge in [-0.3, -0.25) is 9.59 Å². The second-order valence-electron chi connectivity index (χ2n) is 16.8. The quantitative estimate of drug-likeness (QED) is 0.0344. The van der Waals surface area contributed by atoms with E-state index in [1.807, 2.05) is 0 Å². The van der Waals surface area contributed by atoms with Gasteiger partial charge in [-0.15, -0.1) is 0 Å². The topological polar surface area (TPSA) is 159 Å². The lowest BCUT2D eigenvalue weighted by Crippen LogP contribution is -2.43. The highest BCUT2D eigenvalue weighted by atomic mass is 16.6. The number of ether oxygens (including phenoxy) is 3. The van der Waals surface area contributed by atoms with E-state index in [9.17, 15) is 34.5 Å². The van der Waals surface area contributed by atoms with Crippen LogP contribution in [0.4, 0.5) is 0 Å². The molecule has 0 aromatic rings. The Bertz CT molecular complexity index is 957. The summed E-state index contributed by atoms with van der Waals surface area (Å²) in [5.74, 6) is -3.08. The van der Waals surface area contributed by atoms with Gasteiger partial charge in [-0.05, 0) is 32.1 Å². The monoisotopic (exact) mass is 812 g/mol. The summed E-state index contributed by atoms with van der Waals surface area (Å²) >= 11 is 0. The largest absolute Gasteiger partial charge is 0.550 e. The Morgan fingerprint density at radius 1 is 0.456 bits per heavy atom. The molecule has 0 bridgehead atoms. The molecule has 0 aliphatic carbocycles. The zero-order valence-corrected chi connectivity index (χ0v) is 36.8. The lowest BCUT2D eigenvalue weighted by atomic mass is 9.92. The van der Waals surface area contributed by atoms with Crippen LogP contribution in [0.3, 0.4) is 0 Å². The van der Waals surface area contributed by atoms with Crippen molar-refractivity contribution in [1.82, 2.24) is 0 Å². The van der Waals surface area contributed by atoms with E-state index in [-0.39, 0.29) is 51.7 Å². The molecule has 0 fully saturated rings. The van der Waals surface area contributed by atoms with E-state index in [0.717, 1.165) is 38.5 Å². The molecule has 2 atom stereocenters. The molecule has 0 aliphatic rings. The zero-order chi connectivity index (χ0) is 42.1. The number of aliphatic carboxylic acids is 1. The molecule has 57 heavy (non-hydrogen) atoms. The first-order chi connectivity index (χ1) is 27.7. The number of carbonyl (C=O) groups excluding carboxylic acids is 4. The third kappa shape index (κ3) is 36.6. The number of aliphatic hydroxyl groups excluding tert-OH is 2. The number of aliphatic hydroxyl groups is 2. The lowest BCUT2D eigenvalue weighted by molar-refractivity contribution is -0.305. The molecule has 0 rings (SSSR count). The maximum atomic E-state index is 12.7. The number of esters is 3. The van der Waals surface area contributed by atoms with Crippen LogP contribution in [0.15, 0.2) is 0 Å². The molecule has 336 valence electrons. The molecule has 0 aromatic heterocycles. The molecule has 0 heterocycles. The average molecular weight is 812 g/mol. The standard InChI is InChI=1S/C47H88O10/c1-3-5-7-9-11-13-15-17-19-21-23-25-27-29-31-36-44(52)55-39-47(38-48,40-56-45(53)37-33-32-35-43(50)51)41-57-46(54)42(49)34-30-28-26-24-22-20-18-16-14-12-10-8-6-4-2/h42,48-49H,3-41H2,1-2H3,(H,50,51)/p-1. The SMILES string of the molecule is CCCCCCCCCCCCCCCCCC(=O)OCC(CO)(COC(=O)CCCCC(=O)[O-])COC(=O)C(O)CCCCCCCCCCCCCCCC. The van der Waals surface area contributed by atoms with E-state index in [0.29, 0.717) is 12.8 Å². The molecule has 10 nitrogen and oxygen atoms in total. The van der Waals surface area contributed by atoms with Gasteiger partial charge < -0.3 is 34.3 Å². The van der Waals surface area contributed by atoms with Crippen molar-refractivity contribution < 1.29 is 48.7 Å². The van der Waals surface area contributed by atoms with E-state index in [1.165, 1.54) is 135 Å².